The molecule has 0 unspecified atom stereocenters. The summed E-state index contributed by atoms with van der Waals surface area (Å²) < 4.78 is 0. The van der Waals surface area contributed by atoms with Crippen molar-refractivity contribution in [2.24, 2.45) is 5.92 Å². The van der Waals surface area contributed by atoms with E-state index in [1.807, 2.05) is 0 Å². The van der Waals surface area contributed by atoms with Crippen molar-refractivity contribution in [2.45, 2.75) is 51.6 Å². The molecule has 0 aromatic rings. The number of likely N-dealkylation sites (tertiary alicyclic amines) is 1. The Kier molecular flexibility index (Phi) is 1.85. The van der Waals surface area contributed by atoms with Gasteiger partial charge in [0.15, 0.2) is 0 Å². The van der Waals surface area contributed by atoms with Crippen LogP contribution in [0, 0.1) is 5.92 Å². The zero-order valence-corrected chi connectivity index (χ0v) is 7.92. The summed E-state index contributed by atoms with van der Waals surface area (Å²) in [4.78, 5) is 13.7. The summed E-state index contributed by atoms with van der Waals surface area (Å²) in [6.07, 6.45) is 4.67. The number of carbonyl (C=O) groups excluding carboxylic acids is 1. The maximum Gasteiger partial charge on any atom is 0.223 e. The Morgan fingerprint density at radius 3 is 2.83 bits per heavy atom. The fourth-order valence-electron chi connectivity index (χ4n) is 2.81. The molecule has 0 aromatic carbocycles. The van der Waals surface area contributed by atoms with Gasteiger partial charge in [0.2, 0.25) is 5.91 Å². The Labute approximate surface area is 73.9 Å². The number of nitrogens with zero attached hydrogens (tertiary/aromatic N) is 1. The van der Waals surface area contributed by atoms with Crippen molar-refractivity contribution >= 4 is 5.91 Å². The minimum absolute atomic E-state index is 0.389. The van der Waals surface area contributed by atoms with Crippen LogP contribution in [0.15, 0.2) is 0 Å². The average molecular weight is 167 g/mol. The van der Waals surface area contributed by atoms with E-state index in [0.29, 0.717) is 23.9 Å². The maximum atomic E-state index is 11.6. The smallest absolute Gasteiger partial charge is 0.223 e. The van der Waals surface area contributed by atoms with Gasteiger partial charge in [-0.05, 0) is 32.6 Å². The standard InChI is InChI=1S/C10H17NO/c1-7(2)11-9-5-3-4-8(9)6-10(11)12/h7-9H,3-6H2,1-2H3/t8-,9-/m1/s1. The van der Waals surface area contributed by atoms with E-state index in [1.54, 1.807) is 0 Å². The van der Waals surface area contributed by atoms with Gasteiger partial charge in [0.25, 0.3) is 0 Å². The minimum atomic E-state index is 0.389. The van der Waals surface area contributed by atoms with Crippen LogP contribution in [-0.4, -0.2) is 22.9 Å². The van der Waals surface area contributed by atoms with Crippen LogP contribution in [0.1, 0.15) is 39.5 Å². The molecule has 2 fully saturated rings. The van der Waals surface area contributed by atoms with E-state index >= 15 is 0 Å². The van der Waals surface area contributed by atoms with Gasteiger partial charge < -0.3 is 4.90 Å². The predicted octanol–water partition coefficient (Wildman–Crippen LogP) is 1.80. The lowest BCUT2D eigenvalue weighted by Gasteiger charge is -2.27. The molecule has 2 rings (SSSR count). The van der Waals surface area contributed by atoms with Gasteiger partial charge in [-0.25, -0.2) is 0 Å². The second-order valence-corrected chi connectivity index (χ2v) is 4.36. The van der Waals surface area contributed by atoms with E-state index in [-0.39, 0.29) is 0 Å². The summed E-state index contributed by atoms with van der Waals surface area (Å²) in [6, 6.07) is 1.00. The van der Waals surface area contributed by atoms with Crippen LogP contribution in [0.25, 0.3) is 0 Å². The number of carbonyl (C=O) groups is 1. The zero-order valence-electron chi connectivity index (χ0n) is 7.92. The van der Waals surface area contributed by atoms with Crippen molar-refractivity contribution in [3.63, 3.8) is 0 Å². The molecule has 1 saturated carbocycles. The number of hydrogen-bond donors (Lipinski definition) is 0. The molecule has 2 aliphatic rings. The molecule has 1 aliphatic carbocycles. The van der Waals surface area contributed by atoms with E-state index in [4.69, 9.17) is 0 Å². The van der Waals surface area contributed by atoms with E-state index < -0.39 is 0 Å². The van der Waals surface area contributed by atoms with E-state index in [2.05, 4.69) is 18.7 Å². The topological polar surface area (TPSA) is 20.3 Å². The van der Waals surface area contributed by atoms with Crippen molar-refractivity contribution in [1.82, 2.24) is 4.90 Å². The molecule has 68 valence electrons. The minimum Gasteiger partial charge on any atom is -0.337 e. The van der Waals surface area contributed by atoms with Gasteiger partial charge >= 0.3 is 0 Å². The van der Waals surface area contributed by atoms with Gasteiger partial charge in [-0.2, -0.15) is 0 Å². The molecule has 1 aliphatic heterocycles. The molecule has 0 N–H and O–H groups in total. The number of amides is 1. The molecule has 0 spiro atoms. The van der Waals surface area contributed by atoms with Gasteiger partial charge in [0.05, 0.1) is 0 Å². The Morgan fingerprint density at radius 1 is 1.42 bits per heavy atom. The molecule has 0 aromatic heterocycles. The van der Waals surface area contributed by atoms with Gasteiger partial charge in [-0.15, -0.1) is 0 Å². The van der Waals surface area contributed by atoms with Gasteiger partial charge in [-0.3, -0.25) is 4.79 Å². The van der Waals surface area contributed by atoms with Crippen LogP contribution in [-0.2, 0) is 4.79 Å². The second kappa shape index (κ2) is 2.75. The molecular formula is C10H17NO. The van der Waals surface area contributed by atoms with E-state index in [1.165, 1.54) is 19.3 Å². The summed E-state index contributed by atoms with van der Waals surface area (Å²) >= 11 is 0. The molecule has 12 heavy (non-hydrogen) atoms. The van der Waals surface area contributed by atoms with Crippen molar-refractivity contribution < 1.29 is 4.79 Å². The molecule has 2 nitrogen and oxygen atoms in total. The van der Waals surface area contributed by atoms with Crippen LogP contribution in [0.4, 0.5) is 0 Å². The summed E-state index contributed by atoms with van der Waals surface area (Å²) in [5.41, 5.74) is 0. The van der Waals surface area contributed by atoms with Crippen molar-refractivity contribution in [1.29, 1.82) is 0 Å². The highest BCUT2D eigenvalue weighted by Crippen LogP contribution is 2.39. The normalized spacial score (nSPS) is 34.9. The van der Waals surface area contributed by atoms with E-state index in [0.717, 1.165) is 6.42 Å². The molecule has 1 heterocycles. The van der Waals surface area contributed by atoms with Crippen LogP contribution in [0.5, 0.6) is 0 Å². The molecule has 1 amide bonds. The van der Waals surface area contributed by atoms with Crippen LogP contribution in [0.2, 0.25) is 0 Å². The third-order valence-electron chi connectivity index (χ3n) is 3.26. The highest BCUT2D eigenvalue weighted by Gasteiger charge is 2.43. The first-order chi connectivity index (χ1) is 5.70. The second-order valence-electron chi connectivity index (χ2n) is 4.36. The third kappa shape index (κ3) is 1.05. The number of hydrogen-bond acceptors (Lipinski definition) is 1. The number of fused-ring (bicyclic) bond motifs is 1. The summed E-state index contributed by atoms with van der Waals surface area (Å²) in [6.45, 7) is 4.25. The lowest BCUT2D eigenvalue weighted by atomic mass is 10.0. The van der Waals surface area contributed by atoms with Crippen LogP contribution >= 0.6 is 0 Å². The largest absolute Gasteiger partial charge is 0.337 e. The summed E-state index contributed by atoms with van der Waals surface area (Å²) in [5, 5.41) is 0. The average Bonchev–Trinajstić information content (AvgIpc) is 2.44. The summed E-state index contributed by atoms with van der Waals surface area (Å²) in [7, 11) is 0. The predicted molar refractivity (Wildman–Crippen MR) is 47.7 cm³/mol. The third-order valence-corrected chi connectivity index (χ3v) is 3.26. The van der Waals surface area contributed by atoms with Gasteiger partial charge in [-0.1, -0.05) is 6.42 Å². The van der Waals surface area contributed by atoms with Crippen LogP contribution < -0.4 is 0 Å². The highest BCUT2D eigenvalue weighted by atomic mass is 16.2. The SMILES string of the molecule is CC(C)N1C(=O)C[C@H]2CCC[C@H]21. The lowest BCUT2D eigenvalue weighted by Crippen LogP contribution is -2.38. The fraction of sp³-hybridized carbons (Fsp3) is 0.900. The van der Waals surface area contributed by atoms with Gasteiger partial charge in [0, 0.05) is 18.5 Å². The van der Waals surface area contributed by atoms with Crippen molar-refractivity contribution in [3.05, 3.63) is 0 Å². The summed E-state index contributed by atoms with van der Waals surface area (Å²) in [5.74, 6) is 1.08. The molecular weight excluding hydrogens is 150 g/mol. The first-order valence-corrected chi connectivity index (χ1v) is 5.01. The van der Waals surface area contributed by atoms with Crippen molar-refractivity contribution in [2.75, 3.05) is 0 Å². The quantitative estimate of drug-likeness (QED) is 0.583. The van der Waals surface area contributed by atoms with Crippen LogP contribution in [0.3, 0.4) is 0 Å². The first-order valence-electron chi connectivity index (χ1n) is 5.01. The number of rotatable bonds is 1. The van der Waals surface area contributed by atoms with E-state index in [9.17, 15) is 4.79 Å². The van der Waals surface area contributed by atoms with Gasteiger partial charge in [0.1, 0.15) is 0 Å². The molecule has 0 bridgehead atoms. The lowest BCUT2D eigenvalue weighted by molar-refractivity contribution is -0.130. The van der Waals surface area contributed by atoms with Crippen molar-refractivity contribution in [3.8, 4) is 0 Å². The highest BCUT2D eigenvalue weighted by molar-refractivity contribution is 5.79. The molecule has 1 saturated heterocycles. The Hall–Kier alpha value is -0.530. The Balaban J connectivity index is 2.16. The molecule has 0 radical (unpaired) electrons. The first kappa shape index (κ1) is 8.09. The fourth-order valence-corrected chi connectivity index (χ4v) is 2.81. The molecule has 2 heteroatoms. The zero-order chi connectivity index (χ0) is 8.72. The monoisotopic (exact) mass is 167 g/mol. The Morgan fingerprint density at radius 2 is 2.17 bits per heavy atom. The Bertz CT molecular complexity index is 200. The maximum absolute atomic E-state index is 11.6. The molecule has 2 atom stereocenters.